The van der Waals surface area contributed by atoms with Gasteiger partial charge in [-0.25, -0.2) is 5.01 Å². The molecule has 1 N–H and O–H groups in total. The van der Waals surface area contributed by atoms with Crippen molar-refractivity contribution in [3.63, 3.8) is 0 Å². The topological polar surface area (TPSA) is 52.7 Å². The molecule has 0 saturated carbocycles. The highest BCUT2D eigenvalue weighted by molar-refractivity contribution is 6.25. The molecule has 0 spiro atoms. The van der Waals surface area contributed by atoms with Crippen molar-refractivity contribution >= 4 is 22.6 Å². The van der Waals surface area contributed by atoms with Crippen LogP contribution in [0.25, 0.3) is 10.8 Å². The van der Waals surface area contributed by atoms with Crippen molar-refractivity contribution in [3.8, 4) is 0 Å². The largest absolute Gasteiger partial charge is 0.271 e. The van der Waals surface area contributed by atoms with Crippen molar-refractivity contribution in [2.24, 2.45) is 0 Å². The van der Waals surface area contributed by atoms with E-state index in [1.54, 1.807) is 0 Å². The first-order chi connectivity index (χ1) is 12.7. The van der Waals surface area contributed by atoms with Crippen LogP contribution >= 0.6 is 0 Å². The van der Waals surface area contributed by atoms with Gasteiger partial charge in [-0.15, -0.1) is 0 Å². The number of hydrogen-bond acceptors (Lipinski definition) is 4. The summed E-state index contributed by atoms with van der Waals surface area (Å²) in [7, 11) is 0. The van der Waals surface area contributed by atoms with Crippen LogP contribution in [0.5, 0.6) is 0 Å². The minimum absolute atomic E-state index is 0.0576. The van der Waals surface area contributed by atoms with E-state index in [-0.39, 0.29) is 17.9 Å². The molecule has 0 aliphatic carbocycles. The van der Waals surface area contributed by atoms with Crippen molar-refractivity contribution in [2.75, 3.05) is 19.6 Å². The van der Waals surface area contributed by atoms with Gasteiger partial charge < -0.3 is 0 Å². The van der Waals surface area contributed by atoms with Crippen LogP contribution in [-0.2, 0) is 0 Å². The van der Waals surface area contributed by atoms with E-state index in [1.807, 2.05) is 36.4 Å². The highest BCUT2D eigenvalue weighted by atomic mass is 16.2. The summed E-state index contributed by atoms with van der Waals surface area (Å²) in [5, 5.41) is 3.99. The Balaban J connectivity index is 1.62. The van der Waals surface area contributed by atoms with Gasteiger partial charge in [0.25, 0.3) is 11.8 Å². The second-order valence-electron chi connectivity index (χ2n) is 7.17. The molecule has 5 heteroatoms. The number of benzene rings is 2. The molecule has 4 rings (SSSR count). The average molecular weight is 351 g/mol. The van der Waals surface area contributed by atoms with E-state index >= 15 is 0 Å². The SMILES string of the molecule is CCCCN1CCC(N2C(=O)c3cccc4cccc(c34)C2=O)CCN1. The Morgan fingerprint density at radius 3 is 2.38 bits per heavy atom. The molecule has 2 aromatic carbocycles. The number of nitrogens with zero attached hydrogens (tertiary/aromatic N) is 2. The lowest BCUT2D eigenvalue weighted by atomic mass is 9.92. The molecule has 0 aromatic heterocycles. The van der Waals surface area contributed by atoms with Crippen LogP contribution < -0.4 is 5.43 Å². The van der Waals surface area contributed by atoms with Gasteiger partial charge >= 0.3 is 0 Å². The quantitative estimate of drug-likeness (QED) is 0.860. The molecule has 2 amide bonds. The van der Waals surface area contributed by atoms with Crippen molar-refractivity contribution in [3.05, 3.63) is 47.5 Å². The first-order valence-electron chi connectivity index (χ1n) is 9.58. The second kappa shape index (κ2) is 7.17. The minimum Gasteiger partial charge on any atom is -0.271 e. The Bertz CT molecular complexity index is 798. The number of rotatable bonds is 4. The molecule has 26 heavy (non-hydrogen) atoms. The van der Waals surface area contributed by atoms with Gasteiger partial charge in [0.05, 0.1) is 0 Å². The first-order valence-corrected chi connectivity index (χ1v) is 9.58. The predicted octanol–water partition coefficient (Wildman–Crippen LogP) is 3.20. The van der Waals surface area contributed by atoms with Gasteiger partial charge in [0, 0.05) is 42.2 Å². The maximum absolute atomic E-state index is 13.1. The van der Waals surface area contributed by atoms with Crippen LogP contribution in [0.2, 0.25) is 0 Å². The Morgan fingerprint density at radius 2 is 1.73 bits per heavy atom. The maximum Gasteiger partial charge on any atom is 0.261 e. The molecule has 136 valence electrons. The van der Waals surface area contributed by atoms with E-state index in [1.165, 1.54) is 4.90 Å². The van der Waals surface area contributed by atoms with Crippen LogP contribution in [0.3, 0.4) is 0 Å². The fraction of sp³-hybridized carbons (Fsp3) is 0.429. The summed E-state index contributed by atoms with van der Waals surface area (Å²) < 4.78 is 0. The van der Waals surface area contributed by atoms with Crippen LogP contribution in [0.15, 0.2) is 36.4 Å². The maximum atomic E-state index is 13.1. The fourth-order valence-electron chi connectivity index (χ4n) is 4.10. The number of carbonyl (C=O) groups excluding carboxylic acids is 2. The van der Waals surface area contributed by atoms with Crippen molar-refractivity contribution in [2.45, 2.75) is 38.6 Å². The summed E-state index contributed by atoms with van der Waals surface area (Å²) in [5.74, 6) is -0.294. The molecule has 2 aliphatic rings. The lowest BCUT2D eigenvalue weighted by molar-refractivity contribution is 0.0526. The van der Waals surface area contributed by atoms with Gasteiger partial charge in [-0.1, -0.05) is 37.6 Å². The zero-order valence-electron chi connectivity index (χ0n) is 15.2. The lowest BCUT2D eigenvalue weighted by Gasteiger charge is -2.33. The number of hydrazine groups is 1. The molecule has 1 atom stereocenters. The summed E-state index contributed by atoms with van der Waals surface area (Å²) in [5.41, 5.74) is 4.74. The number of hydrogen-bond donors (Lipinski definition) is 1. The summed E-state index contributed by atoms with van der Waals surface area (Å²) in [6.07, 6.45) is 3.91. The molecule has 5 nitrogen and oxygen atoms in total. The van der Waals surface area contributed by atoms with Crippen molar-refractivity contribution in [1.82, 2.24) is 15.3 Å². The summed E-state index contributed by atoms with van der Waals surface area (Å²) in [4.78, 5) is 27.8. The van der Waals surface area contributed by atoms with Crippen molar-refractivity contribution in [1.29, 1.82) is 0 Å². The van der Waals surface area contributed by atoms with Gasteiger partial charge in [0.2, 0.25) is 0 Å². The minimum atomic E-state index is -0.147. The molecule has 1 saturated heterocycles. The van der Waals surface area contributed by atoms with E-state index in [9.17, 15) is 9.59 Å². The lowest BCUT2D eigenvalue weighted by Crippen LogP contribution is -2.47. The highest BCUT2D eigenvalue weighted by Gasteiger charge is 2.37. The normalized spacial score (nSPS) is 21.3. The van der Waals surface area contributed by atoms with Crippen LogP contribution in [0.4, 0.5) is 0 Å². The Morgan fingerprint density at radius 1 is 1.04 bits per heavy atom. The van der Waals surface area contributed by atoms with Gasteiger partial charge in [-0.05, 0) is 36.8 Å². The molecule has 1 unspecified atom stereocenters. The average Bonchev–Trinajstić information content (AvgIpc) is 2.90. The molecule has 0 radical (unpaired) electrons. The summed E-state index contributed by atoms with van der Waals surface area (Å²) in [6, 6.07) is 11.3. The summed E-state index contributed by atoms with van der Waals surface area (Å²) >= 11 is 0. The smallest absolute Gasteiger partial charge is 0.261 e. The first kappa shape index (κ1) is 17.2. The third kappa shape index (κ3) is 2.91. The highest BCUT2D eigenvalue weighted by Crippen LogP contribution is 2.32. The molecular formula is C21H25N3O2. The molecule has 2 aliphatic heterocycles. The van der Waals surface area contributed by atoms with E-state index < -0.39 is 0 Å². The molecule has 2 aromatic rings. The molecule has 2 heterocycles. The van der Waals surface area contributed by atoms with Crippen LogP contribution in [0.1, 0.15) is 53.3 Å². The number of amides is 2. The standard InChI is InChI=1S/C21H25N3O2/c1-2-3-13-23-14-11-16(10-12-22-23)24-20(25)17-8-4-6-15-7-5-9-18(19(15)17)21(24)26/h4-9,16,22H,2-3,10-14H2,1H3. The number of unbranched alkanes of at least 4 members (excludes halogenated alkanes) is 1. The van der Waals surface area contributed by atoms with E-state index in [4.69, 9.17) is 0 Å². The fourth-order valence-corrected chi connectivity index (χ4v) is 4.10. The Hall–Kier alpha value is -2.24. The van der Waals surface area contributed by atoms with Gasteiger partial charge in [0.1, 0.15) is 0 Å². The van der Waals surface area contributed by atoms with Gasteiger partial charge in [-0.3, -0.25) is 19.9 Å². The predicted molar refractivity (Wildman–Crippen MR) is 102 cm³/mol. The zero-order valence-corrected chi connectivity index (χ0v) is 15.2. The third-order valence-electron chi connectivity index (χ3n) is 5.50. The molecule has 1 fully saturated rings. The molecule has 0 bridgehead atoms. The zero-order chi connectivity index (χ0) is 18.1. The Kier molecular flexibility index (Phi) is 4.74. The second-order valence-corrected chi connectivity index (χ2v) is 7.17. The molecular weight excluding hydrogens is 326 g/mol. The monoisotopic (exact) mass is 351 g/mol. The third-order valence-corrected chi connectivity index (χ3v) is 5.50. The van der Waals surface area contributed by atoms with E-state index in [0.717, 1.165) is 56.1 Å². The van der Waals surface area contributed by atoms with E-state index in [0.29, 0.717) is 11.1 Å². The van der Waals surface area contributed by atoms with Gasteiger partial charge in [-0.2, -0.15) is 0 Å². The number of imide groups is 1. The number of carbonyl (C=O) groups is 2. The Labute approximate surface area is 153 Å². The van der Waals surface area contributed by atoms with Crippen molar-refractivity contribution < 1.29 is 9.59 Å². The van der Waals surface area contributed by atoms with Crippen LogP contribution in [0, 0.1) is 0 Å². The van der Waals surface area contributed by atoms with Crippen LogP contribution in [-0.4, -0.2) is 47.4 Å². The number of nitrogens with one attached hydrogen (secondary N) is 1. The van der Waals surface area contributed by atoms with E-state index in [2.05, 4.69) is 17.4 Å². The summed E-state index contributed by atoms with van der Waals surface area (Å²) in [6.45, 7) is 4.84. The van der Waals surface area contributed by atoms with Gasteiger partial charge in [0.15, 0.2) is 0 Å².